The van der Waals surface area contributed by atoms with Gasteiger partial charge < -0.3 is 19.9 Å². The molecule has 0 saturated carbocycles. The summed E-state index contributed by atoms with van der Waals surface area (Å²) in [5.41, 5.74) is 0.752. The van der Waals surface area contributed by atoms with E-state index in [4.69, 9.17) is 21.7 Å². The quantitative estimate of drug-likeness (QED) is 0.332. The molecule has 1 heterocycles. The van der Waals surface area contributed by atoms with Gasteiger partial charge in [0.15, 0.2) is 11.5 Å². The van der Waals surface area contributed by atoms with Gasteiger partial charge in [0.1, 0.15) is 10.4 Å². The molecule has 32 heavy (non-hydrogen) atoms. The van der Waals surface area contributed by atoms with Gasteiger partial charge in [-0.15, -0.1) is 0 Å². The molecule has 1 atom stereocenters. The van der Waals surface area contributed by atoms with E-state index in [-0.39, 0.29) is 18.9 Å². The largest absolute Gasteiger partial charge is 0.493 e. The first-order chi connectivity index (χ1) is 15.3. The van der Waals surface area contributed by atoms with E-state index in [1.807, 2.05) is 19.2 Å². The Morgan fingerprint density at radius 1 is 1.38 bits per heavy atom. The van der Waals surface area contributed by atoms with Crippen molar-refractivity contribution in [3.63, 3.8) is 0 Å². The van der Waals surface area contributed by atoms with Gasteiger partial charge in [-0.25, -0.2) is 4.79 Å². The normalized spacial score (nSPS) is 15.7. The van der Waals surface area contributed by atoms with E-state index in [1.165, 1.54) is 16.7 Å². The molecule has 8 nitrogen and oxygen atoms in total. The molecule has 11 heteroatoms. The number of carbonyl (C=O) groups is 3. The second-order valence-electron chi connectivity index (χ2n) is 6.67. The minimum absolute atomic E-state index is 0.0420. The van der Waals surface area contributed by atoms with Crippen LogP contribution in [0.5, 0.6) is 11.5 Å². The smallest absolute Gasteiger partial charge is 0.326 e. The number of thiocarbonyl (C=S) groups is 1. The summed E-state index contributed by atoms with van der Waals surface area (Å²) in [7, 11) is 1.54. The van der Waals surface area contributed by atoms with Crippen LogP contribution in [0.1, 0.15) is 25.3 Å². The standard InChI is InChI=1S/C21H26N2O6S3/c1-4-29-15-6-5-13(11-16(15)28-2)12-17-19(25)23(21(30)32-17)9-7-18(24)22-14(20(26)27)8-10-31-3/h5-6,11-12,14H,4,7-10H2,1-3H3,(H,22,24)(H,26,27)/b17-12+/t14-/m1/s1. The molecule has 0 bridgehead atoms. The average Bonchev–Trinajstić information content (AvgIpc) is 3.02. The molecule has 2 amide bonds. The monoisotopic (exact) mass is 498 g/mol. The topological polar surface area (TPSA) is 105 Å². The van der Waals surface area contributed by atoms with Gasteiger partial charge in [0.2, 0.25) is 5.91 Å². The number of thioether (sulfide) groups is 2. The number of ether oxygens (including phenoxy) is 2. The molecule has 1 saturated heterocycles. The van der Waals surface area contributed by atoms with Crippen LogP contribution < -0.4 is 14.8 Å². The molecule has 174 valence electrons. The highest BCUT2D eigenvalue weighted by Crippen LogP contribution is 2.34. The Morgan fingerprint density at radius 2 is 2.12 bits per heavy atom. The lowest BCUT2D eigenvalue weighted by atomic mass is 10.2. The van der Waals surface area contributed by atoms with Gasteiger partial charge in [-0.1, -0.05) is 30.0 Å². The number of hydrogen-bond donors (Lipinski definition) is 2. The van der Waals surface area contributed by atoms with Gasteiger partial charge in [-0.05, 0) is 49.1 Å². The molecule has 1 aromatic rings. The lowest BCUT2D eigenvalue weighted by Gasteiger charge is -2.17. The molecule has 1 aliphatic heterocycles. The molecule has 0 aliphatic carbocycles. The number of carboxylic acids is 1. The van der Waals surface area contributed by atoms with Crippen LogP contribution in [0.15, 0.2) is 23.1 Å². The third-order valence-corrected chi connectivity index (χ3v) is 6.49. The summed E-state index contributed by atoms with van der Waals surface area (Å²) in [6.07, 6.45) is 3.87. The number of carbonyl (C=O) groups excluding carboxylic acids is 2. The Balaban J connectivity index is 2.02. The van der Waals surface area contributed by atoms with Gasteiger partial charge in [0.05, 0.1) is 18.6 Å². The van der Waals surface area contributed by atoms with Gasteiger partial charge in [-0.3, -0.25) is 14.5 Å². The molecule has 1 fully saturated rings. The maximum atomic E-state index is 12.8. The van der Waals surface area contributed by atoms with Crippen molar-refractivity contribution in [1.29, 1.82) is 0 Å². The predicted molar refractivity (Wildman–Crippen MR) is 131 cm³/mol. The molecular formula is C21H26N2O6S3. The van der Waals surface area contributed by atoms with Gasteiger partial charge in [0, 0.05) is 13.0 Å². The van der Waals surface area contributed by atoms with Crippen LogP contribution in [0.25, 0.3) is 6.08 Å². The Bertz CT molecular complexity index is 906. The highest BCUT2D eigenvalue weighted by molar-refractivity contribution is 8.26. The van der Waals surface area contributed by atoms with E-state index in [2.05, 4.69) is 5.32 Å². The minimum Gasteiger partial charge on any atom is -0.493 e. The number of benzene rings is 1. The Labute approximate surface area is 201 Å². The SMILES string of the molecule is CCOc1ccc(/C=C2/SC(=S)N(CCC(=O)N[C@H](CCSC)C(=O)O)C2=O)cc1OC. The second kappa shape index (κ2) is 12.7. The van der Waals surface area contributed by atoms with Gasteiger partial charge in [0.25, 0.3) is 5.91 Å². The van der Waals surface area contributed by atoms with E-state index in [1.54, 1.807) is 25.3 Å². The fraction of sp³-hybridized carbons (Fsp3) is 0.429. The molecule has 0 spiro atoms. The van der Waals surface area contributed by atoms with Gasteiger partial charge >= 0.3 is 5.97 Å². The van der Waals surface area contributed by atoms with Crippen molar-refractivity contribution in [1.82, 2.24) is 10.2 Å². The lowest BCUT2D eigenvalue weighted by Crippen LogP contribution is -2.42. The van der Waals surface area contributed by atoms with Crippen molar-refractivity contribution in [3.05, 3.63) is 28.7 Å². The third-order valence-electron chi connectivity index (χ3n) is 4.47. The van der Waals surface area contributed by atoms with Gasteiger partial charge in [-0.2, -0.15) is 11.8 Å². The molecule has 0 aromatic heterocycles. The van der Waals surface area contributed by atoms with Crippen LogP contribution in [0, 0.1) is 0 Å². The van der Waals surface area contributed by atoms with E-state index in [0.29, 0.717) is 39.5 Å². The first-order valence-corrected chi connectivity index (χ1v) is 12.5. The molecule has 0 radical (unpaired) electrons. The Kier molecular flexibility index (Phi) is 10.3. The molecule has 1 aliphatic rings. The number of nitrogens with zero attached hydrogens (tertiary/aromatic N) is 1. The van der Waals surface area contributed by atoms with E-state index < -0.39 is 17.9 Å². The van der Waals surface area contributed by atoms with E-state index in [9.17, 15) is 19.5 Å². The number of aliphatic carboxylic acids is 1. The number of methoxy groups -OCH3 is 1. The van der Waals surface area contributed by atoms with Crippen LogP contribution in [-0.2, 0) is 14.4 Å². The van der Waals surface area contributed by atoms with Crippen LogP contribution in [0.2, 0.25) is 0 Å². The fourth-order valence-corrected chi connectivity index (χ4v) is 4.65. The summed E-state index contributed by atoms with van der Waals surface area (Å²) in [6.45, 7) is 2.47. The first kappa shape index (κ1) is 26.0. The zero-order valence-electron chi connectivity index (χ0n) is 18.1. The Morgan fingerprint density at radius 3 is 2.75 bits per heavy atom. The molecule has 0 unspecified atom stereocenters. The zero-order valence-corrected chi connectivity index (χ0v) is 20.5. The number of nitrogens with one attached hydrogen (secondary N) is 1. The van der Waals surface area contributed by atoms with Crippen LogP contribution in [0.3, 0.4) is 0 Å². The predicted octanol–water partition coefficient (Wildman–Crippen LogP) is 3.01. The van der Waals surface area contributed by atoms with Crippen LogP contribution >= 0.6 is 35.7 Å². The number of hydrogen-bond acceptors (Lipinski definition) is 8. The van der Waals surface area contributed by atoms with Crippen molar-refractivity contribution in [2.75, 3.05) is 32.3 Å². The van der Waals surface area contributed by atoms with Crippen molar-refractivity contribution in [2.24, 2.45) is 0 Å². The summed E-state index contributed by atoms with van der Waals surface area (Å²) < 4.78 is 11.2. The van der Waals surface area contributed by atoms with Crippen molar-refractivity contribution in [3.8, 4) is 11.5 Å². The van der Waals surface area contributed by atoms with Crippen molar-refractivity contribution < 1.29 is 29.0 Å². The van der Waals surface area contributed by atoms with E-state index in [0.717, 1.165) is 17.3 Å². The van der Waals surface area contributed by atoms with Crippen LogP contribution in [-0.4, -0.2) is 70.4 Å². The molecule has 2 N–H and O–H groups in total. The summed E-state index contributed by atoms with van der Waals surface area (Å²) in [5, 5.41) is 11.7. The summed E-state index contributed by atoms with van der Waals surface area (Å²) >= 11 is 7.97. The summed E-state index contributed by atoms with van der Waals surface area (Å²) in [4.78, 5) is 38.1. The second-order valence-corrected chi connectivity index (χ2v) is 9.33. The van der Waals surface area contributed by atoms with Crippen molar-refractivity contribution in [2.45, 2.75) is 25.8 Å². The zero-order chi connectivity index (χ0) is 23.7. The average molecular weight is 499 g/mol. The number of carboxylic acid groups (broad SMARTS) is 1. The molecule has 2 rings (SSSR count). The highest BCUT2D eigenvalue weighted by Gasteiger charge is 2.32. The number of rotatable bonds is 12. The highest BCUT2D eigenvalue weighted by atomic mass is 32.2. The molecular weight excluding hydrogens is 472 g/mol. The lowest BCUT2D eigenvalue weighted by molar-refractivity contribution is -0.142. The first-order valence-electron chi connectivity index (χ1n) is 9.88. The Hall–Kier alpha value is -2.24. The maximum Gasteiger partial charge on any atom is 0.326 e. The molecule has 1 aromatic carbocycles. The summed E-state index contributed by atoms with van der Waals surface area (Å²) in [6, 6.07) is 4.41. The maximum absolute atomic E-state index is 12.8. The van der Waals surface area contributed by atoms with Crippen molar-refractivity contribution >= 4 is 63.9 Å². The minimum atomic E-state index is -1.08. The van der Waals surface area contributed by atoms with E-state index >= 15 is 0 Å². The third kappa shape index (κ3) is 7.14. The van der Waals surface area contributed by atoms with Crippen LogP contribution in [0.4, 0.5) is 0 Å². The summed E-state index contributed by atoms with van der Waals surface area (Å²) in [5.74, 6) is -0.0185. The fourth-order valence-electron chi connectivity index (χ4n) is 2.87. The number of amides is 2.